The average Bonchev–Trinajstić information content (AvgIpc) is 2.38. The van der Waals surface area contributed by atoms with Gasteiger partial charge in [0.2, 0.25) is 0 Å². The second kappa shape index (κ2) is 7.09. The van der Waals surface area contributed by atoms with E-state index >= 15 is 0 Å². The van der Waals surface area contributed by atoms with Crippen LogP contribution in [0.15, 0.2) is 18.2 Å². The van der Waals surface area contributed by atoms with E-state index in [1.165, 1.54) is 12.1 Å². The van der Waals surface area contributed by atoms with Crippen LogP contribution in [0.3, 0.4) is 0 Å². The summed E-state index contributed by atoms with van der Waals surface area (Å²) < 4.78 is 0. The lowest BCUT2D eigenvalue weighted by Gasteiger charge is -2.09. The van der Waals surface area contributed by atoms with Crippen LogP contribution in [0.4, 0.5) is 5.69 Å². The molecule has 0 spiro atoms. The SMILES string of the molecule is CCC(Cl)CCNC(=O)c1cc([N+](=O)[O-])ccc1C. The Labute approximate surface area is 117 Å². The minimum absolute atomic E-state index is 0.0338. The fourth-order valence-corrected chi connectivity index (χ4v) is 1.72. The Morgan fingerprint density at radius 1 is 1.53 bits per heavy atom. The Morgan fingerprint density at radius 3 is 2.79 bits per heavy atom. The molecule has 0 fully saturated rings. The summed E-state index contributed by atoms with van der Waals surface area (Å²) in [7, 11) is 0. The highest BCUT2D eigenvalue weighted by molar-refractivity contribution is 6.20. The summed E-state index contributed by atoms with van der Waals surface area (Å²) >= 11 is 5.95. The van der Waals surface area contributed by atoms with Crippen LogP contribution >= 0.6 is 11.6 Å². The standard InChI is InChI=1S/C13H17ClN2O3/c1-3-10(14)6-7-15-13(17)12-8-11(16(18)19)5-4-9(12)2/h4-5,8,10H,3,6-7H2,1-2H3,(H,15,17). The molecule has 0 radical (unpaired) electrons. The highest BCUT2D eigenvalue weighted by Gasteiger charge is 2.14. The number of halogens is 1. The van der Waals surface area contributed by atoms with E-state index in [0.29, 0.717) is 24.1 Å². The summed E-state index contributed by atoms with van der Waals surface area (Å²) in [6.07, 6.45) is 1.52. The summed E-state index contributed by atoms with van der Waals surface area (Å²) in [6, 6.07) is 4.25. The van der Waals surface area contributed by atoms with Gasteiger partial charge in [-0.25, -0.2) is 0 Å². The van der Waals surface area contributed by atoms with E-state index < -0.39 is 4.92 Å². The molecule has 0 saturated heterocycles. The number of nitrogens with one attached hydrogen (secondary N) is 1. The maximum atomic E-state index is 11.9. The molecule has 104 valence electrons. The zero-order chi connectivity index (χ0) is 14.4. The van der Waals surface area contributed by atoms with Crippen molar-refractivity contribution in [2.45, 2.75) is 32.1 Å². The second-order valence-corrected chi connectivity index (χ2v) is 4.92. The predicted octanol–water partition coefficient (Wildman–Crippen LogP) is 3.04. The lowest BCUT2D eigenvalue weighted by atomic mass is 10.1. The monoisotopic (exact) mass is 284 g/mol. The van der Waals surface area contributed by atoms with Crippen molar-refractivity contribution in [2.75, 3.05) is 6.54 Å². The normalized spacial score (nSPS) is 11.9. The van der Waals surface area contributed by atoms with Crippen molar-refractivity contribution in [1.82, 2.24) is 5.32 Å². The van der Waals surface area contributed by atoms with Gasteiger partial charge in [0, 0.05) is 29.6 Å². The Hall–Kier alpha value is -1.62. The van der Waals surface area contributed by atoms with Gasteiger partial charge in [-0.15, -0.1) is 11.6 Å². The third kappa shape index (κ3) is 4.52. The van der Waals surface area contributed by atoms with Crippen molar-refractivity contribution in [3.63, 3.8) is 0 Å². The number of hydrogen-bond donors (Lipinski definition) is 1. The molecule has 0 bridgehead atoms. The Bertz CT molecular complexity index is 477. The van der Waals surface area contributed by atoms with Gasteiger partial charge in [-0.3, -0.25) is 14.9 Å². The number of hydrogen-bond acceptors (Lipinski definition) is 3. The largest absolute Gasteiger partial charge is 0.352 e. The molecular weight excluding hydrogens is 268 g/mol. The van der Waals surface area contributed by atoms with Crippen molar-refractivity contribution < 1.29 is 9.72 Å². The van der Waals surface area contributed by atoms with Gasteiger partial charge in [0.1, 0.15) is 0 Å². The van der Waals surface area contributed by atoms with Crippen LogP contribution < -0.4 is 5.32 Å². The molecule has 1 aromatic carbocycles. The summed E-state index contributed by atoms with van der Waals surface area (Å²) in [5.41, 5.74) is 0.956. The van der Waals surface area contributed by atoms with E-state index in [1.807, 2.05) is 6.92 Å². The Balaban J connectivity index is 2.71. The molecule has 0 saturated carbocycles. The van der Waals surface area contributed by atoms with Crippen LogP contribution in [0.1, 0.15) is 35.7 Å². The first-order chi connectivity index (χ1) is 8.95. The molecule has 1 rings (SSSR count). The number of carbonyl (C=O) groups excluding carboxylic acids is 1. The molecule has 1 N–H and O–H groups in total. The fraction of sp³-hybridized carbons (Fsp3) is 0.462. The number of alkyl halides is 1. The minimum atomic E-state index is -0.512. The molecule has 0 aliphatic carbocycles. The molecule has 5 nitrogen and oxygen atoms in total. The summed E-state index contributed by atoms with van der Waals surface area (Å²) in [6.45, 7) is 4.18. The van der Waals surface area contributed by atoms with Crippen molar-refractivity contribution >= 4 is 23.2 Å². The van der Waals surface area contributed by atoms with E-state index in [-0.39, 0.29) is 17.0 Å². The van der Waals surface area contributed by atoms with Gasteiger partial charge in [-0.1, -0.05) is 13.0 Å². The number of carbonyl (C=O) groups is 1. The van der Waals surface area contributed by atoms with Gasteiger partial charge < -0.3 is 5.32 Å². The maximum absolute atomic E-state index is 11.9. The Morgan fingerprint density at radius 2 is 2.21 bits per heavy atom. The van der Waals surface area contributed by atoms with E-state index in [9.17, 15) is 14.9 Å². The van der Waals surface area contributed by atoms with Gasteiger partial charge in [0.25, 0.3) is 11.6 Å². The number of aryl methyl sites for hydroxylation is 1. The number of nitro benzene ring substituents is 1. The van der Waals surface area contributed by atoms with Gasteiger partial charge >= 0.3 is 0 Å². The minimum Gasteiger partial charge on any atom is -0.352 e. The van der Waals surface area contributed by atoms with Crippen LogP contribution in [0.25, 0.3) is 0 Å². The zero-order valence-electron chi connectivity index (χ0n) is 11.0. The van der Waals surface area contributed by atoms with E-state index in [4.69, 9.17) is 11.6 Å². The molecule has 6 heteroatoms. The third-order valence-corrected chi connectivity index (χ3v) is 3.39. The van der Waals surface area contributed by atoms with Gasteiger partial charge in [-0.05, 0) is 25.3 Å². The summed E-state index contributed by atoms with van der Waals surface area (Å²) in [5.74, 6) is -0.304. The van der Waals surface area contributed by atoms with Crippen molar-refractivity contribution in [1.29, 1.82) is 0 Å². The number of nitro groups is 1. The molecule has 19 heavy (non-hydrogen) atoms. The molecule has 0 aliphatic heterocycles. The van der Waals surface area contributed by atoms with E-state index in [0.717, 1.165) is 6.42 Å². The van der Waals surface area contributed by atoms with Crippen LogP contribution in [-0.4, -0.2) is 22.8 Å². The maximum Gasteiger partial charge on any atom is 0.270 e. The molecule has 1 aromatic rings. The highest BCUT2D eigenvalue weighted by atomic mass is 35.5. The first-order valence-corrected chi connectivity index (χ1v) is 6.56. The van der Waals surface area contributed by atoms with Crippen LogP contribution in [-0.2, 0) is 0 Å². The third-order valence-electron chi connectivity index (χ3n) is 2.86. The summed E-state index contributed by atoms with van der Waals surface area (Å²) in [5, 5.41) is 13.4. The lowest BCUT2D eigenvalue weighted by molar-refractivity contribution is -0.384. The van der Waals surface area contributed by atoms with E-state index in [1.54, 1.807) is 13.0 Å². The van der Waals surface area contributed by atoms with Crippen molar-refractivity contribution in [3.05, 3.63) is 39.4 Å². The van der Waals surface area contributed by atoms with Crippen molar-refractivity contribution in [3.8, 4) is 0 Å². The van der Waals surface area contributed by atoms with Gasteiger partial charge in [0.05, 0.1) is 4.92 Å². The highest BCUT2D eigenvalue weighted by Crippen LogP contribution is 2.17. The predicted molar refractivity (Wildman–Crippen MR) is 74.7 cm³/mol. The van der Waals surface area contributed by atoms with Gasteiger partial charge in [-0.2, -0.15) is 0 Å². The Kier molecular flexibility index (Phi) is 5.76. The molecule has 0 aromatic heterocycles. The molecule has 0 aliphatic rings. The molecular formula is C13H17ClN2O3. The molecule has 1 atom stereocenters. The van der Waals surface area contributed by atoms with Gasteiger partial charge in [0.15, 0.2) is 0 Å². The fourth-order valence-electron chi connectivity index (χ4n) is 1.61. The lowest BCUT2D eigenvalue weighted by Crippen LogP contribution is -2.26. The molecule has 1 unspecified atom stereocenters. The molecule has 1 amide bonds. The number of rotatable bonds is 6. The number of nitrogens with zero attached hydrogens (tertiary/aromatic N) is 1. The summed E-state index contributed by atoms with van der Waals surface area (Å²) in [4.78, 5) is 22.1. The number of amides is 1. The number of benzene rings is 1. The zero-order valence-corrected chi connectivity index (χ0v) is 11.7. The van der Waals surface area contributed by atoms with E-state index in [2.05, 4.69) is 5.32 Å². The van der Waals surface area contributed by atoms with Crippen molar-refractivity contribution in [2.24, 2.45) is 0 Å². The van der Waals surface area contributed by atoms with Crippen LogP contribution in [0, 0.1) is 17.0 Å². The first-order valence-electron chi connectivity index (χ1n) is 6.13. The topological polar surface area (TPSA) is 72.2 Å². The average molecular weight is 285 g/mol. The smallest absolute Gasteiger partial charge is 0.270 e. The molecule has 0 heterocycles. The second-order valence-electron chi connectivity index (χ2n) is 4.31. The quantitative estimate of drug-likeness (QED) is 0.496. The van der Waals surface area contributed by atoms with Crippen LogP contribution in [0.5, 0.6) is 0 Å². The number of non-ortho nitro benzene ring substituents is 1. The first kappa shape index (κ1) is 15.4. The van der Waals surface area contributed by atoms with Crippen LogP contribution in [0.2, 0.25) is 0 Å².